The van der Waals surface area contributed by atoms with Crippen molar-refractivity contribution in [3.8, 4) is 0 Å². The van der Waals surface area contributed by atoms with Crippen LogP contribution < -0.4 is 4.80 Å². The standard InChI is InChI=1S/C12H13N2OS.Re/c1-14-6-7-16-12(14)13-11-5-3-4-10(8-11)9-15-2;/h3-9H,1-2H3;/q-1;. The summed E-state index contributed by atoms with van der Waals surface area (Å²) in [4.78, 5) is 5.53. The molecule has 91 valence electrons. The van der Waals surface area contributed by atoms with Crippen LogP contribution in [-0.4, -0.2) is 11.7 Å². The van der Waals surface area contributed by atoms with Gasteiger partial charge >= 0.3 is 0 Å². The Hall–Kier alpha value is -0.858. The molecule has 1 radical (unpaired) electrons. The van der Waals surface area contributed by atoms with Crippen molar-refractivity contribution in [2.24, 2.45) is 12.0 Å². The molecule has 2 rings (SSSR count). The molecule has 1 heterocycles. The molecule has 0 saturated heterocycles. The topological polar surface area (TPSA) is 26.5 Å². The van der Waals surface area contributed by atoms with Crippen molar-refractivity contribution in [2.45, 2.75) is 0 Å². The van der Waals surface area contributed by atoms with Gasteiger partial charge in [-0.1, -0.05) is 12.7 Å². The van der Waals surface area contributed by atoms with E-state index in [9.17, 15) is 0 Å². The van der Waals surface area contributed by atoms with E-state index in [1.165, 1.54) is 0 Å². The number of ether oxygens (including phenoxy) is 1. The van der Waals surface area contributed by atoms with Gasteiger partial charge in [0.2, 0.25) is 0 Å². The Kier molecular flexibility index (Phi) is 5.66. The predicted octanol–water partition coefficient (Wildman–Crippen LogP) is 2.47. The molecule has 0 spiro atoms. The van der Waals surface area contributed by atoms with Crippen molar-refractivity contribution < 1.29 is 25.2 Å². The van der Waals surface area contributed by atoms with Gasteiger partial charge in [-0.2, -0.15) is 11.6 Å². The summed E-state index contributed by atoms with van der Waals surface area (Å²) in [5.41, 5.74) is 1.95. The SMILES string of the molecule is CO[CH-]c1cccc(N=c2sccn2C)c1.[Re]. The molecule has 2 aromatic rings. The molecule has 0 fully saturated rings. The van der Waals surface area contributed by atoms with Crippen LogP contribution in [0.3, 0.4) is 0 Å². The van der Waals surface area contributed by atoms with Gasteiger partial charge in [-0.25, -0.2) is 4.99 Å². The Morgan fingerprint density at radius 3 is 2.88 bits per heavy atom. The average molecular weight is 420 g/mol. The van der Waals surface area contributed by atoms with E-state index in [-0.39, 0.29) is 20.4 Å². The van der Waals surface area contributed by atoms with Gasteiger partial charge < -0.3 is 9.30 Å². The number of methoxy groups -OCH3 is 1. The molecule has 17 heavy (non-hydrogen) atoms. The Morgan fingerprint density at radius 2 is 2.24 bits per heavy atom. The maximum atomic E-state index is 4.97. The zero-order chi connectivity index (χ0) is 11.4. The van der Waals surface area contributed by atoms with Crippen LogP contribution in [0.2, 0.25) is 0 Å². The first kappa shape index (κ1) is 14.2. The van der Waals surface area contributed by atoms with E-state index in [0.717, 1.165) is 16.1 Å². The fourth-order valence-corrected chi connectivity index (χ4v) is 2.10. The molecular weight excluding hydrogens is 406 g/mol. The third kappa shape index (κ3) is 3.83. The van der Waals surface area contributed by atoms with Crippen molar-refractivity contribution in [2.75, 3.05) is 7.11 Å². The monoisotopic (exact) mass is 420 g/mol. The number of nitrogens with zero attached hydrogens (tertiary/aromatic N) is 2. The first-order chi connectivity index (χ1) is 7.79. The largest absolute Gasteiger partial charge is 0.417 e. The molecule has 0 aliphatic carbocycles. The van der Waals surface area contributed by atoms with Gasteiger partial charge in [0, 0.05) is 51.8 Å². The molecule has 0 saturated carbocycles. The number of hydrogen-bond donors (Lipinski definition) is 0. The third-order valence-electron chi connectivity index (χ3n) is 2.11. The van der Waals surface area contributed by atoms with Crippen LogP contribution in [0.25, 0.3) is 0 Å². The minimum atomic E-state index is 0. The van der Waals surface area contributed by atoms with Gasteiger partial charge in [-0.3, -0.25) is 0 Å². The van der Waals surface area contributed by atoms with Gasteiger partial charge in [0.05, 0.1) is 0 Å². The fourth-order valence-electron chi connectivity index (χ4n) is 1.35. The molecule has 3 nitrogen and oxygen atoms in total. The normalized spacial score (nSPS) is 11.1. The predicted molar refractivity (Wildman–Crippen MR) is 65.4 cm³/mol. The van der Waals surface area contributed by atoms with Gasteiger partial charge in [0.25, 0.3) is 0 Å². The minimum Gasteiger partial charge on any atom is -0.417 e. The first-order valence-corrected chi connectivity index (χ1v) is 5.78. The van der Waals surface area contributed by atoms with Gasteiger partial charge in [-0.15, -0.1) is 23.5 Å². The van der Waals surface area contributed by atoms with Crippen LogP contribution in [0, 0.1) is 6.61 Å². The molecule has 0 amide bonds. The minimum absolute atomic E-state index is 0. The van der Waals surface area contributed by atoms with Crippen molar-refractivity contribution in [1.82, 2.24) is 4.57 Å². The number of hydrogen-bond acceptors (Lipinski definition) is 3. The molecule has 0 unspecified atom stereocenters. The number of aryl methyl sites for hydroxylation is 1. The number of rotatable bonds is 3. The van der Waals surface area contributed by atoms with E-state index < -0.39 is 0 Å². The van der Waals surface area contributed by atoms with Crippen LogP contribution in [0.1, 0.15) is 5.56 Å². The average Bonchev–Trinajstić information content (AvgIpc) is 2.66. The third-order valence-corrected chi connectivity index (χ3v) is 2.96. The first-order valence-electron chi connectivity index (χ1n) is 4.90. The summed E-state index contributed by atoms with van der Waals surface area (Å²) in [5.74, 6) is 0. The second-order valence-electron chi connectivity index (χ2n) is 3.36. The smallest absolute Gasteiger partial charge is 0.188 e. The van der Waals surface area contributed by atoms with Crippen LogP contribution in [0.15, 0.2) is 40.8 Å². The Bertz CT molecular complexity index is 533. The number of aromatic nitrogens is 1. The molecule has 0 aliphatic rings. The second kappa shape index (κ2) is 6.78. The van der Waals surface area contributed by atoms with Crippen molar-refractivity contribution in [3.63, 3.8) is 0 Å². The molecule has 0 aliphatic heterocycles. The summed E-state index contributed by atoms with van der Waals surface area (Å²) in [6.07, 6.45) is 1.99. The summed E-state index contributed by atoms with van der Waals surface area (Å²) in [5, 5.41) is 2.02. The molecule has 0 N–H and O–H groups in total. The number of benzene rings is 1. The van der Waals surface area contributed by atoms with E-state index >= 15 is 0 Å². The van der Waals surface area contributed by atoms with Gasteiger partial charge in [0.1, 0.15) is 0 Å². The summed E-state index contributed by atoms with van der Waals surface area (Å²) in [7, 11) is 3.63. The van der Waals surface area contributed by atoms with Crippen molar-refractivity contribution in [1.29, 1.82) is 0 Å². The molecule has 0 bridgehead atoms. The quantitative estimate of drug-likeness (QED) is 0.702. The second-order valence-corrected chi connectivity index (χ2v) is 4.23. The maximum absolute atomic E-state index is 4.97. The van der Waals surface area contributed by atoms with Crippen molar-refractivity contribution >= 4 is 17.0 Å². The summed E-state index contributed by atoms with van der Waals surface area (Å²) < 4.78 is 6.97. The van der Waals surface area contributed by atoms with E-state index in [0.29, 0.717) is 0 Å². The molecular formula is C12H13N2OReS-. The molecule has 0 atom stereocenters. The Labute approximate surface area is 118 Å². The van der Waals surface area contributed by atoms with E-state index in [1.807, 2.05) is 47.5 Å². The van der Waals surface area contributed by atoms with Crippen LogP contribution in [-0.2, 0) is 32.2 Å². The molecule has 5 heteroatoms. The maximum Gasteiger partial charge on any atom is 0.188 e. The van der Waals surface area contributed by atoms with Crippen LogP contribution in [0.5, 0.6) is 0 Å². The Morgan fingerprint density at radius 1 is 1.41 bits per heavy atom. The molecule has 1 aromatic carbocycles. The Balaban J connectivity index is 0.00000144. The summed E-state index contributed by atoms with van der Waals surface area (Å²) >= 11 is 1.62. The van der Waals surface area contributed by atoms with E-state index in [2.05, 4.69) is 4.99 Å². The zero-order valence-electron chi connectivity index (χ0n) is 9.63. The zero-order valence-corrected chi connectivity index (χ0v) is 13.2. The van der Waals surface area contributed by atoms with Gasteiger partial charge in [-0.05, 0) is 0 Å². The van der Waals surface area contributed by atoms with E-state index in [1.54, 1.807) is 25.1 Å². The van der Waals surface area contributed by atoms with Crippen LogP contribution in [0.4, 0.5) is 5.69 Å². The van der Waals surface area contributed by atoms with Crippen molar-refractivity contribution in [3.05, 3.63) is 52.8 Å². The van der Waals surface area contributed by atoms with E-state index in [4.69, 9.17) is 4.74 Å². The fraction of sp³-hybridized carbons (Fsp3) is 0.167. The van der Waals surface area contributed by atoms with Gasteiger partial charge in [0.15, 0.2) is 4.80 Å². The summed E-state index contributed by atoms with van der Waals surface area (Å²) in [6.45, 7) is 1.70. The molecule has 1 aromatic heterocycles. The number of thiazole rings is 1. The summed E-state index contributed by atoms with van der Waals surface area (Å²) in [6, 6.07) is 7.92. The van der Waals surface area contributed by atoms with Crippen LogP contribution >= 0.6 is 11.3 Å².